The molecule has 3 heteroatoms. The molecule has 0 aliphatic carbocycles. The molecule has 0 spiro atoms. The van der Waals surface area contributed by atoms with Gasteiger partial charge in [-0.2, -0.15) is 0 Å². The Bertz CT molecular complexity index is 593. The minimum atomic E-state index is 0.00372. The fraction of sp³-hybridized carbons (Fsp3) is 0.529. The van der Waals surface area contributed by atoms with Crippen LogP contribution in [0.25, 0.3) is 11.0 Å². The van der Waals surface area contributed by atoms with Gasteiger partial charge in [-0.05, 0) is 58.0 Å². The van der Waals surface area contributed by atoms with Gasteiger partial charge in [0.15, 0.2) is 0 Å². The zero-order chi connectivity index (χ0) is 15.0. The van der Waals surface area contributed by atoms with Crippen LogP contribution in [-0.4, -0.2) is 12.1 Å². The Morgan fingerprint density at radius 2 is 1.80 bits per heavy atom. The van der Waals surface area contributed by atoms with Gasteiger partial charge in [-0.25, -0.2) is 0 Å². The van der Waals surface area contributed by atoms with E-state index < -0.39 is 0 Å². The average molecular weight is 294 g/mol. The highest BCUT2D eigenvalue weighted by Gasteiger charge is 2.25. The van der Waals surface area contributed by atoms with Crippen molar-refractivity contribution in [2.24, 2.45) is 0 Å². The van der Waals surface area contributed by atoms with E-state index in [0.29, 0.717) is 0 Å². The summed E-state index contributed by atoms with van der Waals surface area (Å²) in [4.78, 5) is 0. The molecule has 0 fully saturated rings. The van der Waals surface area contributed by atoms with Gasteiger partial charge in [0.1, 0.15) is 11.3 Å². The predicted molar refractivity (Wildman–Crippen MR) is 86.6 cm³/mol. The minimum Gasteiger partial charge on any atom is -0.461 e. The molecule has 1 aromatic carbocycles. The third kappa shape index (κ3) is 3.77. The van der Waals surface area contributed by atoms with E-state index in [-0.39, 0.29) is 11.0 Å². The average Bonchev–Trinajstić information content (AvgIpc) is 2.70. The normalized spacial score (nSPS) is 13.1. The summed E-state index contributed by atoms with van der Waals surface area (Å²) in [7, 11) is 0. The molecule has 1 aromatic heterocycles. The first-order valence-electron chi connectivity index (χ1n) is 7.12. The van der Waals surface area contributed by atoms with Crippen LogP contribution in [0.2, 0.25) is 5.02 Å². The summed E-state index contributed by atoms with van der Waals surface area (Å²) in [6, 6.07) is 7.86. The molecule has 2 nitrogen and oxygen atoms in total. The molecular weight excluding hydrogens is 270 g/mol. The topological polar surface area (TPSA) is 25.2 Å². The lowest BCUT2D eigenvalue weighted by Gasteiger charge is -2.26. The maximum atomic E-state index is 6.02. The highest BCUT2D eigenvalue weighted by molar-refractivity contribution is 6.31. The Hall–Kier alpha value is -0.990. The first kappa shape index (κ1) is 15.4. The maximum Gasteiger partial charge on any atom is 0.134 e. The summed E-state index contributed by atoms with van der Waals surface area (Å²) in [5, 5.41) is 5.35. The third-order valence-corrected chi connectivity index (χ3v) is 3.79. The molecule has 0 radical (unpaired) electrons. The molecule has 0 amide bonds. The second-order valence-electron chi connectivity index (χ2n) is 7.10. The summed E-state index contributed by atoms with van der Waals surface area (Å²) < 4.78 is 5.98. The fourth-order valence-electron chi connectivity index (χ4n) is 2.22. The third-order valence-electron chi connectivity index (χ3n) is 3.55. The van der Waals surface area contributed by atoms with Crippen molar-refractivity contribution in [3.8, 4) is 0 Å². The Balaban J connectivity index is 2.14. The molecule has 0 aliphatic heterocycles. The maximum absolute atomic E-state index is 6.02. The molecule has 1 heterocycles. The SMILES string of the molecule is CC(C)(C)NCCC(C)(C)c1cc2cc(Cl)ccc2o1. The van der Waals surface area contributed by atoms with Gasteiger partial charge < -0.3 is 9.73 Å². The summed E-state index contributed by atoms with van der Waals surface area (Å²) in [5.41, 5.74) is 1.06. The van der Waals surface area contributed by atoms with Crippen molar-refractivity contribution in [3.05, 3.63) is 35.0 Å². The van der Waals surface area contributed by atoms with E-state index in [1.54, 1.807) is 0 Å². The number of furan rings is 1. The second-order valence-corrected chi connectivity index (χ2v) is 7.54. The predicted octanol–water partition coefficient (Wildman–Crippen LogP) is 5.14. The molecule has 0 unspecified atom stereocenters. The van der Waals surface area contributed by atoms with E-state index in [9.17, 15) is 0 Å². The van der Waals surface area contributed by atoms with Crippen molar-refractivity contribution >= 4 is 22.6 Å². The minimum absolute atomic E-state index is 0.00372. The van der Waals surface area contributed by atoms with E-state index in [1.807, 2.05) is 18.2 Å². The van der Waals surface area contributed by atoms with Gasteiger partial charge in [0.2, 0.25) is 0 Å². The van der Waals surface area contributed by atoms with Gasteiger partial charge in [0.25, 0.3) is 0 Å². The van der Waals surface area contributed by atoms with Crippen LogP contribution in [0.15, 0.2) is 28.7 Å². The number of halogens is 1. The monoisotopic (exact) mass is 293 g/mol. The molecule has 20 heavy (non-hydrogen) atoms. The van der Waals surface area contributed by atoms with Gasteiger partial charge in [-0.15, -0.1) is 0 Å². The van der Waals surface area contributed by atoms with Crippen LogP contribution in [0.4, 0.5) is 0 Å². The smallest absolute Gasteiger partial charge is 0.134 e. The zero-order valence-electron chi connectivity index (χ0n) is 13.0. The molecule has 0 bridgehead atoms. The van der Waals surface area contributed by atoms with E-state index >= 15 is 0 Å². The summed E-state index contributed by atoms with van der Waals surface area (Å²) in [6.45, 7) is 12.0. The van der Waals surface area contributed by atoms with Crippen molar-refractivity contribution < 1.29 is 4.42 Å². The molecule has 2 aromatic rings. The van der Waals surface area contributed by atoms with Crippen LogP contribution >= 0.6 is 11.6 Å². The number of rotatable bonds is 4. The van der Waals surface area contributed by atoms with E-state index in [2.05, 4.69) is 46.0 Å². The lowest BCUT2D eigenvalue weighted by atomic mass is 9.86. The van der Waals surface area contributed by atoms with E-state index in [0.717, 1.165) is 34.7 Å². The van der Waals surface area contributed by atoms with E-state index in [1.165, 1.54) is 0 Å². The molecule has 110 valence electrons. The summed E-state index contributed by atoms with van der Waals surface area (Å²) in [5.74, 6) is 1.02. The molecule has 1 N–H and O–H groups in total. The molecule has 2 rings (SSSR count). The van der Waals surface area contributed by atoms with E-state index in [4.69, 9.17) is 16.0 Å². The number of benzene rings is 1. The van der Waals surface area contributed by atoms with Gasteiger partial charge in [-0.3, -0.25) is 0 Å². The number of hydrogen-bond donors (Lipinski definition) is 1. The van der Waals surface area contributed by atoms with Crippen molar-refractivity contribution in [2.75, 3.05) is 6.54 Å². The largest absolute Gasteiger partial charge is 0.461 e. The highest BCUT2D eigenvalue weighted by Crippen LogP contribution is 2.33. The van der Waals surface area contributed by atoms with Crippen molar-refractivity contribution in [1.82, 2.24) is 5.32 Å². The lowest BCUT2D eigenvalue weighted by molar-refractivity contribution is 0.341. The molecule has 0 aliphatic rings. The van der Waals surface area contributed by atoms with Gasteiger partial charge in [0, 0.05) is 21.4 Å². The first-order valence-corrected chi connectivity index (χ1v) is 7.50. The van der Waals surface area contributed by atoms with Crippen LogP contribution < -0.4 is 5.32 Å². The van der Waals surface area contributed by atoms with Gasteiger partial charge in [-0.1, -0.05) is 25.4 Å². The summed E-state index contributed by atoms with van der Waals surface area (Å²) >= 11 is 6.02. The summed E-state index contributed by atoms with van der Waals surface area (Å²) in [6.07, 6.45) is 1.03. The van der Waals surface area contributed by atoms with Gasteiger partial charge in [0.05, 0.1) is 0 Å². The van der Waals surface area contributed by atoms with Crippen molar-refractivity contribution in [3.63, 3.8) is 0 Å². The Labute approximate surface area is 126 Å². The Morgan fingerprint density at radius 3 is 2.45 bits per heavy atom. The Kier molecular flexibility index (Phi) is 4.17. The van der Waals surface area contributed by atoms with Gasteiger partial charge >= 0.3 is 0 Å². The van der Waals surface area contributed by atoms with Crippen LogP contribution in [0.1, 0.15) is 46.8 Å². The Morgan fingerprint density at radius 1 is 1.10 bits per heavy atom. The molecule has 0 atom stereocenters. The standard InChI is InChI=1S/C17H24ClNO/c1-16(2,3)19-9-8-17(4,5)15-11-12-10-13(18)6-7-14(12)20-15/h6-7,10-11,19H,8-9H2,1-5H3. The van der Waals surface area contributed by atoms with Crippen LogP contribution in [0.3, 0.4) is 0 Å². The number of hydrogen-bond acceptors (Lipinski definition) is 2. The van der Waals surface area contributed by atoms with Crippen LogP contribution in [0, 0.1) is 0 Å². The molecular formula is C17H24ClNO. The highest BCUT2D eigenvalue weighted by atomic mass is 35.5. The number of fused-ring (bicyclic) bond motifs is 1. The van der Waals surface area contributed by atoms with Crippen LogP contribution in [0.5, 0.6) is 0 Å². The molecule has 0 saturated carbocycles. The second kappa shape index (κ2) is 5.42. The fourth-order valence-corrected chi connectivity index (χ4v) is 2.40. The lowest BCUT2D eigenvalue weighted by Crippen LogP contribution is -2.38. The van der Waals surface area contributed by atoms with Crippen molar-refractivity contribution in [1.29, 1.82) is 0 Å². The molecule has 0 saturated heterocycles. The zero-order valence-corrected chi connectivity index (χ0v) is 13.8. The van der Waals surface area contributed by atoms with Crippen LogP contribution in [-0.2, 0) is 5.41 Å². The first-order chi connectivity index (χ1) is 9.17. The quantitative estimate of drug-likeness (QED) is 0.844. The van der Waals surface area contributed by atoms with Crippen molar-refractivity contribution in [2.45, 2.75) is 52.0 Å². The number of nitrogens with one attached hydrogen (secondary N) is 1.